The Hall–Kier alpha value is -7.89. The maximum Gasteiger partial charge on any atom is 0.335 e. The highest BCUT2D eigenvalue weighted by atomic mass is 32.1. The molecule has 394 valence electrons. The molecule has 10 heteroatoms. The van der Waals surface area contributed by atoms with Crippen LogP contribution in [-0.2, 0) is 6.42 Å². The van der Waals surface area contributed by atoms with Crippen molar-refractivity contribution in [1.29, 1.82) is 0 Å². The number of ketones is 2. The van der Waals surface area contributed by atoms with E-state index in [9.17, 15) is 19.5 Å². The van der Waals surface area contributed by atoms with Crippen LogP contribution in [0.2, 0.25) is 0 Å². The Balaban J connectivity index is 0.969. The van der Waals surface area contributed by atoms with Crippen molar-refractivity contribution in [3.05, 3.63) is 205 Å². The molecule has 0 bridgehead atoms. The highest BCUT2D eigenvalue weighted by molar-refractivity contribution is 7.26. The maximum absolute atomic E-state index is 13.7. The summed E-state index contributed by atoms with van der Waals surface area (Å²) in [7, 11) is 0. The SMILES string of the molecule is C/C=C/c1cc(/C=C2/C(=O)c3ccc(C(=O)O)cc3C2=O)sc1-c1sc(-c2c(OCC)cc3c(sc4c(CC)c(N5c6ccc(C=C(c7ccccc7)c7ccccc7)cc6C6CCCC65)c(OCC)cc43)c2C)cc1/C=C/C. The smallest absolute Gasteiger partial charge is 0.335 e. The normalized spacial score (nSPS) is 16.3. The number of hydrogen-bond donors (Lipinski definition) is 1. The Morgan fingerprint density at radius 1 is 0.696 bits per heavy atom. The lowest BCUT2D eigenvalue weighted by Crippen LogP contribution is -2.28. The number of benzene rings is 6. The van der Waals surface area contributed by atoms with Gasteiger partial charge < -0.3 is 19.5 Å². The summed E-state index contributed by atoms with van der Waals surface area (Å²) in [6.07, 6.45) is 16.6. The molecule has 2 atom stereocenters. The number of carbonyl (C=O) groups is 3. The fourth-order valence-corrected chi connectivity index (χ4v) is 16.2. The van der Waals surface area contributed by atoms with Crippen molar-refractivity contribution in [2.24, 2.45) is 0 Å². The molecule has 3 aliphatic rings. The summed E-state index contributed by atoms with van der Waals surface area (Å²) in [5, 5.41) is 11.9. The molecule has 1 saturated carbocycles. The lowest BCUT2D eigenvalue weighted by molar-refractivity contribution is 0.0696. The minimum absolute atomic E-state index is 0.0312. The number of allylic oxidation sites excluding steroid dienone is 3. The van der Waals surface area contributed by atoms with Gasteiger partial charge in [-0.25, -0.2) is 4.79 Å². The summed E-state index contributed by atoms with van der Waals surface area (Å²) >= 11 is 5.12. The number of carboxylic acids is 1. The first-order chi connectivity index (χ1) is 38.5. The predicted molar refractivity (Wildman–Crippen MR) is 331 cm³/mol. The average Bonchev–Trinajstić information content (AvgIpc) is 4.52. The van der Waals surface area contributed by atoms with Crippen molar-refractivity contribution in [1.82, 2.24) is 0 Å². The van der Waals surface area contributed by atoms with Gasteiger partial charge >= 0.3 is 5.97 Å². The number of fused-ring (bicyclic) bond motifs is 7. The molecule has 0 amide bonds. The minimum Gasteiger partial charge on any atom is -0.493 e. The standard InChI is InChI=1S/C69H59NO6S3/c1-7-19-43-33-46(36-55-63(71)49-29-28-45(69(73)74)34-52(49)64(55)72)77-66(43)67-44(20-8-2)35-60(78-67)61-39(6)65-53(37-58(61)75-10-4)54-38-59(76-11-5)62(47(9-3)68(54)79-65)70-56-26-18-25-48(56)51-32-40(27-30-57(51)70)31-50(41-21-14-12-15-22-41)42-23-16-13-17-24-42/h7-8,12-17,19-24,27-38,48,56H,9-11,18,25-26H2,1-6H3,(H,73,74)/b19-7+,20-8+,55-36-. The summed E-state index contributed by atoms with van der Waals surface area (Å²) in [4.78, 5) is 45.6. The molecule has 0 radical (unpaired) electrons. The molecule has 1 fully saturated rings. The van der Waals surface area contributed by atoms with Gasteiger partial charge in [-0.3, -0.25) is 9.59 Å². The van der Waals surface area contributed by atoms with Crippen LogP contribution in [0.3, 0.4) is 0 Å². The third-order valence-corrected chi connectivity index (χ3v) is 19.5. The minimum atomic E-state index is -1.15. The quantitative estimate of drug-likeness (QED) is 0.0621. The van der Waals surface area contributed by atoms with Crippen LogP contribution in [0.15, 0.2) is 139 Å². The molecule has 7 nitrogen and oxygen atoms in total. The zero-order valence-electron chi connectivity index (χ0n) is 45.1. The van der Waals surface area contributed by atoms with E-state index in [4.69, 9.17) is 9.47 Å². The number of carboxylic acid groups (broad SMARTS) is 1. The van der Waals surface area contributed by atoms with Gasteiger partial charge in [0.25, 0.3) is 0 Å². The zero-order chi connectivity index (χ0) is 54.6. The van der Waals surface area contributed by atoms with E-state index in [2.05, 4.69) is 147 Å². The van der Waals surface area contributed by atoms with Gasteiger partial charge in [-0.1, -0.05) is 104 Å². The molecular weight excluding hydrogens is 1030 g/mol. The number of anilines is 2. The van der Waals surface area contributed by atoms with Crippen molar-refractivity contribution >= 4 is 113 Å². The molecule has 0 spiro atoms. The zero-order valence-corrected chi connectivity index (χ0v) is 47.5. The average molecular weight is 1090 g/mol. The van der Waals surface area contributed by atoms with Gasteiger partial charge in [-0.2, -0.15) is 0 Å². The monoisotopic (exact) mass is 1090 g/mol. The van der Waals surface area contributed by atoms with E-state index in [0.29, 0.717) is 25.2 Å². The predicted octanol–water partition coefficient (Wildman–Crippen LogP) is 18.8. The molecule has 0 saturated heterocycles. The molecule has 2 aliphatic carbocycles. The summed E-state index contributed by atoms with van der Waals surface area (Å²) in [5.74, 6) is 0.152. The first-order valence-electron chi connectivity index (χ1n) is 27.3. The van der Waals surface area contributed by atoms with Crippen LogP contribution in [0, 0.1) is 6.92 Å². The van der Waals surface area contributed by atoms with Gasteiger partial charge in [0, 0.05) is 64.3 Å². The number of carbonyl (C=O) groups excluding carboxylic acids is 2. The number of rotatable bonds is 15. The lowest BCUT2D eigenvalue weighted by Gasteiger charge is -2.31. The second kappa shape index (κ2) is 21.4. The first kappa shape index (κ1) is 51.8. The molecule has 4 heterocycles. The second-order valence-electron chi connectivity index (χ2n) is 20.3. The largest absolute Gasteiger partial charge is 0.493 e. The fraction of sp³-hybridized carbons (Fsp3) is 0.203. The van der Waals surface area contributed by atoms with Crippen LogP contribution in [0.1, 0.15) is 140 Å². The fourth-order valence-electron chi connectivity index (χ4n) is 12.3. The van der Waals surface area contributed by atoms with E-state index < -0.39 is 17.5 Å². The van der Waals surface area contributed by atoms with Gasteiger partial charge in [0.2, 0.25) is 0 Å². The molecule has 1 N–H and O–H groups in total. The van der Waals surface area contributed by atoms with Crippen molar-refractivity contribution in [2.45, 2.75) is 79.2 Å². The van der Waals surface area contributed by atoms with Crippen LogP contribution in [0.4, 0.5) is 11.4 Å². The third kappa shape index (κ3) is 9.00. The van der Waals surface area contributed by atoms with Gasteiger partial charge in [-0.15, -0.1) is 34.0 Å². The van der Waals surface area contributed by atoms with Gasteiger partial charge in [0.15, 0.2) is 11.6 Å². The van der Waals surface area contributed by atoms with E-state index in [1.807, 2.05) is 44.3 Å². The van der Waals surface area contributed by atoms with E-state index >= 15 is 0 Å². The van der Waals surface area contributed by atoms with Gasteiger partial charge in [-0.05, 0) is 171 Å². The molecule has 6 aromatic carbocycles. The highest BCUT2D eigenvalue weighted by Crippen LogP contribution is 2.58. The number of aromatic carboxylic acids is 1. The number of Topliss-reactive ketones (excluding diaryl/α,β-unsaturated/α-hetero) is 2. The topological polar surface area (TPSA) is 93.1 Å². The van der Waals surface area contributed by atoms with Crippen LogP contribution in [0.25, 0.3) is 70.2 Å². The van der Waals surface area contributed by atoms with E-state index in [1.54, 1.807) is 17.4 Å². The van der Waals surface area contributed by atoms with Crippen molar-refractivity contribution in [3.8, 4) is 31.7 Å². The number of hydrogen-bond acceptors (Lipinski definition) is 9. The number of ether oxygens (including phenoxy) is 2. The molecule has 79 heavy (non-hydrogen) atoms. The van der Waals surface area contributed by atoms with Crippen LogP contribution < -0.4 is 14.4 Å². The van der Waals surface area contributed by atoms with Crippen molar-refractivity contribution in [3.63, 3.8) is 0 Å². The van der Waals surface area contributed by atoms with E-state index in [-0.39, 0.29) is 22.3 Å². The summed E-state index contributed by atoms with van der Waals surface area (Å²) < 4.78 is 16.0. The van der Waals surface area contributed by atoms with Crippen LogP contribution in [0.5, 0.6) is 11.5 Å². The van der Waals surface area contributed by atoms with E-state index in [0.717, 1.165) is 77.9 Å². The highest BCUT2D eigenvalue weighted by Gasteiger charge is 2.44. The Morgan fingerprint density at radius 2 is 1.35 bits per heavy atom. The molecule has 1 aliphatic heterocycles. The molecule has 2 unspecified atom stereocenters. The maximum atomic E-state index is 13.7. The Kier molecular flexibility index (Phi) is 14.0. The number of nitrogens with zero attached hydrogens (tertiary/aromatic N) is 1. The first-order valence-corrected chi connectivity index (χ1v) is 29.8. The summed E-state index contributed by atoms with van der Waals surface area (Å²) in [6.45, 7) is 13.7. The third-order valence-electron chi connectivity index (χ3n) is 15.7. The van der Waals surface area contributed by atoms with Crippen molar-refractivity contribution in [2.75, 3.05) is 18.1 Å². The Labute approximate surface area is 473 Å². The summed E-state index contributed by atoms with van der Waals surface area (Å²) in [5.41, 5.74) is 14.6. The van der Waals surface area contributed by atoms with Crippen LogP contribution in [-0.4, -0.2) is 41.9 Å². The van der Waals surface area contributed by atoms with Crippen molar-refractivity contribution < 1.29 is 29.0 Å². The molecule has 12 rings (SSSR count). The summed E-state index contributed by atoms with van der Waals surface area (Å²) in [6, 6.07) is 41.8. The lowest BCUT2D eigenvalue weighted by atomic mass is 9.93. The molecule has 3 aromatic heterocycles. The Morgan fingerprint density at radius 3 is 2.04 bits per heavy atom. The second-order valence-corrected chi connectivity index (χ2v) is 23.5. The van der Waals surface area contributed by atoms with Crippen LogP contribution >= 0.6 is 34.0 Å². The molecule has 9 aromatic rings. The van der Waals surface area contributed by atoms with E-state index in [1.165, 1.54) is 95.5 Å². The Bertz CT molecular complexity index is 4030. The van der Waals surface area contributed by atoms with Gasteiger partial charge in [0.05, 0.1) is 39.8 Å². The van der Waals surface area contributed by atoms with Gasteiger partial charge in [0.1, 0.15) is 11.5 Å². The number of thiophene rings is 3. The number of aryl methyl sites for hydroxylation is 2. The molecular formula is C69H59NO6S3.